The molecule has 0 atom stereocenters. The van der Waals surface area contributed by atoms with Gasteiger partial charge < -0.3 is 14.7 Å². The maximum Gasteiger partial charge on any atom is 0.338 e. The van der Waals surface area contributed by atoms with E-state index in [2.05, 4.69) is 40.4 Å². The number of aromatic amines is 2. The zero-order valence-corrected chi connectivity index (χ0v) is 13.4. The smallest absolute Gasteiger partial charge is 0.338 e. The molecule has 4 nitrogen and oxygen atoms in total. The van der Waals surface area contributed by atoms with Crippen LogP contribution in [-0.2, 0) is 11.2 Å². The van der Waals surface area contributed by atoms with Crippen LogP contribution in [-0.4, -0.2) is 22.5 Å². The lowest BCUT2D eigenvalue weighted by atomic mass is 10.1. The molecule has 0 amide bonds. The molecule has 0 fully saturated rings. The molecule has 0 aliphatic carbocycles. The summed E-state index contributed by atoms with van der Waals surface area (Å²) in [6.07, 6.45) is 2.87. The number of hydrogen-bond donors (Lipinski definition) is 2. The van der Waals surface area contributed by atoms with Gasteiger partial charge in [-0.25, -0.2) is 4.79 Å². The first-order chi connectivity index (χ1) is 11.7. The maximum atomic E-state index is 11.9. The maximum absolute atomic E-state index is 11.9. The minimum Gasteiger partial charge on any atom is -0.462 e. The van der Waals surface area contributed by atoms with Crippen molar-refractivity contribution < 1.29 is 9.53 Å². The van der Waals surface area contributed by atoms with Crippen LogP contribution >= 0.6 is 0 Å². The second-order valence-electron chi connectivity index (χ2n) is 5.85. The molecule has 0 radical (unpaired) electrons. The number of ether oxygens (including phenoxy) is 1. The summed E-state index contributed by atoms with van der Waals surface area (Å²) in [5.74, 6) is -0.279. The average molecular weight is 318 g/mol. The van der Waals surface area contributed by atoms with Crippen molar-refractivity contribution in [2.75, 3.05) is 6.61 Å². The van der Waals surface area contributed by atoms with Crippen LogP contribution < -0.4 is 0 Å². The van der Waals surface area contributed by atoms with Crippen LogP contribution in [0.3, 0.4) is 0 Å². The van der Waals surface area contributed by atoms with Crippen LogP contribution in [0.4, 0.5) is 0 Å². The number of H-pyrrole nitrogens is 2. The van der Waals surface area contributed by atoms with Gasteiger partial charge in [0, 0.05) is 40.1 Å². The molecule has 0 unspecified atom stereocenters. The number of carbonyl (C=O) groups is 1. The van der Waals surface area contributed by atoms with E-state index in [4.69, 9.17) is 4.74 Å². The molecule has 4 aromatic rings. The Kier molecular flexibility index (Phi) is 3.58. The molecule has 4 heteroatoms. The summed E-state index contributed by atoms with van der Waals surface area (Å²) in [6.45, 7) is 2.20. The molecule has 0 aliphatic heterocycles. The van der Waals surface area contributed by atoms with Crippen molar-refractivity contribution in [2.45, 2.75) is 13.3 Å². The van der Waals surface area contributed by atoms with Gasteiger partial charge in [-0.1, -0.05) is 18.2 Å². The van der Waals surface area contributed by atoms with Gasteiger partial charge in [0.25, 0.3) is 0 Å². The monoisotopic (exact) mass is 318 g/mol. The lowest BCUT2D eigenvalue weighted by Crippen LogP contribution is -2.03. The average Bonchev–Trinajstić information content (AvgIpc) is 3.18. The number of nitrogens with one attached hydrogen (secondary N) is 2. The minimum absolute atomic E-state index is 0.279. The number of aromatic nitrogens is 2. The molecule has 120 valence electrons. The summed E-state index contributed by atoms with van der Waals surface area (Å²) >= 11 is 0. The van der Waals surface area contributed by atoms with E-state index in [0.29, 0.717) is 12.2 Å². The van der Waals surface area contributed by atoms with E-state index in [1.165, 1.54) is 10.9 Å². The standard InChI is InChI=1S/C20H18N2O2/c1-2-24-20(23)13-7-8-18-14(9-13)10-16(22-18)11-15-12-21-19-6-4-3-5-17(15)19/h3-10,12,21-22H,2,11H2,1H3. The van der Waals surface area contributed by atoms with Gasteiger partial charge in [0.15, 0.2) is 0 Å². The van der Waals surface area contributed by atoms with E-state index in [-0.39, 0.29) is 5.97 Å². The zero-order chi connectivity index (χ0) is 16.5. The minimum atomic E-state index is -0.279. The van der Waals surface area contributed by atoms with Crippen molar-refractivity contribution in [1.29, 1.82) is 0 Å². The summed E-state index contributed by atoms with van der Waals surface area (Å²) in [6, 6.07) is 16.0. The lowest BCUT2D eigenvalue weighted by Gasteiger charge is -2.00. The Bertz CT molecular complexity index is 1030. The van der Waals surface area contributed by atoms with E-state index in [9.17, 15) is 4.79 Å². The molecule has 4 rings (SSSR count). The Hall–Kier alpha value is -3.01. The van der Waals surface area contributed by atoms with Crippen molar-refractivity contribution >= 4 is 27.8 Å². The van der Waals surface area contributed by atoms with Crippen LogP contribution in [0.1, 0.15) is 28.5 Å². The van der Waals surface area contributed by atoms with Crippen molar-refractivity contribution in [2.24, 2.45) is 0 Å². The van der Waals surface area contributed by atoms with Crippen molar-refractivity contribution in [3.8, 4) is 0 Å². The highest BCUT2D eigenvalue weighted by molar-refractivity contribution is 5.95. The lowest BCUT2D eigenvalue weighted by molar-refractivity contribution is 0.0526. The Labute approximate surface area is 139 Å². The number of fused-ring (bicyclic) bond motifs is 2. The topological polar surface area (TPSA) is 57.9 Å². The number of esters is 1. The number of carbonyl (C=O) groups excluding carboxylic acids is 1. The SMILES string of the molecule is CCOC(=O)c1ccc2[nH]c(Cc3c[nH]c4ccccc34)cc2c1. The zero-order valence-electron chi connectivity index (χ0n) is 13.4. The third kappa shape index (κ3) is 2.56. The van der Waals surface area contributed by atoms with Gasteiger partial charge >= 0.3 is 5.97 Å². The van der Waals surface area contributed by atoms with Crippen LogP contribution in [0.5, 0.6) is 0 Å². The molecule has 0 saturated heterocycles. The predicted octanol–water partition coefficient (Wildman–Crippen LogP) is 4.42. The molecule has 0 aliphatic rings. The highest BCUT2D eigenvalue weighted by atomic mass is 16.5. The molecule has 0 saturated carbocycles. The second kappa shape index (κ2) is 5.89. The van der Waals surface area contributed by atoms with Gasteiger partial charge in [-0.05, 0) is 42.8 Å². The van der Waals surface area contributed by atoms with E-state index in [0.717, 1.165) is 28.5 Å². The van der Waals surface area contributed by atoms with E-state index < -0.39 is 0 Å². The van der Waals surface area contributed by atoms with E-state index in [1.54, 1.807) is 6.07 Å². The number of para-hydroxylation sites is 1. The third-order valence-corrected chi connectivity index (χ3v) is 4.24. The Balaban J connectivity index is 1.66. The largest absolute Gasteiger partial charge is 0.462 e. The quantitative estimate of drug-likeness (QED) is 0.547. The summed E-state index contributed by atoms with van der Waals surface area (Å²) in [5.41, 5.74) is 5.13. The summed E-state index contributed by atoms with van der Waals surface area (Å²) < 4.78 is 5.06. The van der Waals surface area contributed by atoms with Gasteiger partial charge in [-0.3, -0.25) is 0 Å². The first-order valence-electron chi connectivity index (χ1n) is 8.08. The number of benzene rings is 2. The number of rotatable bonds is 4. The first kappa shape index (κ1) is 14.6. The van der Waals surface area contributed by atoms with Crippen molar-refractivity contribution in [1.82, 2.24) is 9.97 Å². The van der Waals surface area contributed by atoms with Crippen LogP contribution in [0, 0.1) is 0 Å². The van der Waals surface area contributed by atoms with Gasteiger partial charge in [-0.15, -0.1) is 0 Å². The second-order valence-corrected chi connectivity index (χ2v) is 5.85. The highest BCUT2D eigenvalue weighted by Gasteiger charge is 2.10. The van der Waals surface area contributed by atoms with Crippen molar-refractivity contribution in [3.05, 3.63) is 71.5 Å². The van der Waals surface area contributed by atoms with Crippen LogP contribution in [0.15, 0.2) is 54.7 Å². The fourth-order valence-electron chi connectivity index (χ4n) is 3.11. The molecule has 2 aromatic carbocycles. The van der Waals surface area contributed by atoms with Crippen molar-refractivity contribution in [3.63, 3.8) is 0 Å². The van der Waals surface area contributed by atoms with E-state index in [1.807, 2.05) is 25.1 Å². The number of hydrogen-bond acceptors (Lipinski definition) is 2. The normalized spacial score (nSPS) is 11.2. The molecule has 0 bridgehead atoms. The predicted molar refractivity (Wildman–Crippen MR) is 95.4 cm³/mol. The molecule has 0 spiro atoms. The Morgan fingerprint density at radius 1 is 1.08 bits per heavy atom. The molecular weight excluding hydrogens is 300 g/mol. The molecule has 2 heterocycles. The molecular formula is C20H18N2O2. The van der Waals surface area contributed by atoms with Crippen LogP contribution in [0.25, 0.3) is 21.8 Å². The fraction of sp³-hybridized carbons (Fsp3) is 0.150. The Morgan fingerprint density at radius 3 is 2.83 bits per heavy atom. The van der Waals surface area contributed by atoms with E-state index >= 15 is 0 Å². The molecule has 2 N–H and O–H groups in total. The highest BCUT2D eigenvalue weighted by Crippen LogP contribution is 2.23. The van der Waals surface area contributed by atoms with Crippen LogP contribution in [0.2, 0.25) is 0 Å². The Morgan fingerprint density at radius 2 is 1.96 bits per heavy atom. The molecule has 2 aromatic heterocycles. The first-order valence-corrected chi connectivity index (χ1v) is 8.08. The summed E-state index contributed by atoms with van der Waals surface area (Å²) in [4.78, 5) is 18.6. The van der Waals surface area contributed by atoms with Gasteiger partial charge in [0.05, 0.1) is 12.2 Å². The summed E-state index contributed by atoms with van der Waals surface area (Å²) in [7, 11) is 0. The van der Waals surface area contributed by atoms with Gasteiger partial charge in [0.2, 0.25) is 0 Å². The summed E-state index contributed by atoms with van der Waals surface area (Å²) in [5, 5.41) is 2.26. The fourth-order valence-corrected chi connectivity index (χ4v) is 3.11. The van der Waals surface area contributed by atoms with Gasteiger partial charge in [0.1, 0.15) is 0 Å². The third-order valence-electron chi connectivity index (χ3n) is 4.24. The van der Waals surface area contributed by atoms with Gasteiger partial charge in [-0.2, -0.15) is 0 Å². The molecule has 24 heavy (non-hydrogen) atoms.